The van der Waals surface area contributed by atoms with Gasteiger partial charge in [-0.25, -0.2) is 0 Å². The molecule has 2 amide bonds. The quantitative estimate of drug-likeness (QED) is 0.751. The van der Waals surface area contributed by atoms with Crippen LogP contribution in [0.3, 0.4) is 0 Å². The van der Waals surface area contributed by atoms with E-state index >= 15 is 0 Å². The lowest BCUT2D eigenvalue weighted by atomic mass is 10.0. The Kier molecular flexibility index (Phi) is 6.30. The van der Waals surface area contributed by atoms with Crippen LogP contribution in [0, 0.1) is 5.92 Å². The van der Waals surface area contributed by atoms with Crippen LogP contribution in [0.5, 0.6) is 0 Å². The van der Waals surface area contributed by atoms with Gasteiger partial charge in [0, 0.05) is 5.69 Å². The Morgan fingerprint density at radius 1 is 1.19 bits per heavy atom. The molecule has 0 aliphatic carbocycles. The minimum atomic E-state index is -4.64. The number of hydrogen-bond acceptors (Lipinski definition) is 3. The van der Waals surface area contributed by atoms with Crippen LogP contribution in [0.1, 0.15) is 29.1 Å². The molecule has 2 N–H and O–H groups in total. The molecule has 1 aromatic heterocycles. The zero-order valence-corrected chi connectivity index (χ0v) is 15.4. The first kappa shape index (κ1) is 20.3. The zero-order chi connectivity index (χ0) is 19.5. The van der Waals surface area contributed by atoms with Crippen molar-refractivity contribution in [2.24, 2.45) is 5.92 Å². The molecular formula is C17H16ClF3N2O2S. The number of anilines is 1. The summed E-state index contributed by atoms with van der Waals surface area (Å²) in [6, 6.07) is 5.51. The SMILES string of the molecule is CC(C)[C@@H](NC(=O)c1cccs1)C(=O)Nc1ccc(Cl)c(C(F)(F)F)c1. The van der Waals surface area contributed by atoms with Gasteiger partial charge in [-0.05, 0) is 35.6 Å². The summed E-state index contributed by atoms with van der Waals surface area (Å²) in [6.45, 7) is 3.45. The minimum Gasteiger partial charge on any atom is -0.339 e. The van der Waals surface area contributed by atoms with E-state index in [0.717, 1.165) is 12.1 Å². The largest absolute Gasteiger partial charge is 0.417 e. The van der Waals surface area contributed by atoms with E-state index in [1.807, 2.05) is 0 Å². The molecule has 0 unspecified atom stereocenters. The summed E-state index contributed by atoms with van der Waals surface area (Å²) < 4.78 is 38.8. The molecule has 0 aliphatic rings. The minimum absolute atomic E-state index is 0.0530. The summed E-state index contributed by atoms with van der Waals surface area (Å²) in [6.07, 6.45) is -4.64. The highest BCUT2D eigenvalue weighted by Crippen LogP contribution is 2.36. The fourth-order valence-electron chi connectivity index (χ4n) is 2.20. The smallest absolute Gasteiger partial charge is 0.339 e. The van der Waals surface area contributed by atoms with Gasteiger partial charge in [0.1, 0.15) is 6.04 Å². The number of rotatable bonds is 5. The van der Waals surface area contributed by atoms with Crippen LogP contribution in [-0.2, 0) is 11.0 Å². The van der Waals surface area contributed by atoms with E-state index in [1.165, 1.54) is 17.4 Å². The average Bonchev–Trinajstić information content (AvgIpc) is 3.07. The zero-order valence-electron chi connectivity index (χ0n) is 13.9. The van der Waals surface area contributed by atoms with Crippen molar-refractivity contribution in [1.29, 1.82) is 0 Å². The molecule has 0 spiro atoms. The Labute approximate surface area is 157 Å². The Morgan fingerprint density at radius 2 is 1.88 bits per heavy atom. The fraction of sp³-hybridized carbons (Fsp3) is 0.294. The van der Waals surface area contributed by atoms with Gasteiger partial charge in [0.2, 0.25) is 5.91 Å². The lowest BCUT2D eigenvalue weighted by molar-refractivity contribution is -0.137. The van der Waals surface area contributed by atoms with Crippen LogP contribution in [0.15, 0.2) is 35.7 Å². The Morgan fingerprint density at radius 3 is 2.42 bits per heavy atom. The van der Waals surface area contributed by atoms with Crippen molar-refractivity contribution >= 4 is 40.4 Å². The molecule has 0 fully saturated rings. The number of halogens is 4. The molecule has 4 nitrogen and oxygen atoms in total. The predicted octanol–water partition coefficient (Wildman–Crippen LogP) is 4.81. The van der Waals surface area contributed by atoms with Gasteiger partial charge in [-0.2, -0.15) is 13.2 Å². The van der Waals surface area contributed by atoms with E-state index in [9.17, 15) is 22.8 Å². The molecule has 2 rings (SSSR count). The van der Waals surface area contributed by atoms with Crippen molar-refractivity contribution < 1.29 is 22.8 Å². The van der Waals surface area contributed by atoms with E-state index in [0.29, 0.717) is 4.88 Å². The van der Waals surface area contributed by atoms with Gasteiger partial charge in [0.25, 0.3) is 5.91 Å². The van der Waals surface area contributed by atoms with Crippen LogP contribution in [0.2, 0.25) is 5.02 Å². The summed E-state index contributed by atoms with van der Waals surface area (Å²) in [5.41, 5.74) is -1.09. The topological polar surface area (TPSA) is 58.2 Å². The average molecular weight is 405 g/mol. The highest BCUT2D eigenvalue weighted by molar-refractivity contribution is 7.12. The molecule has 0 aliphatic heterocycles. The first-order chi connectivity index (χ1) is 12.1. The molecule has 0 saturated heterocycles. The lowest BCUT2D eigenvalue weighted by Gasteiger charge is -2.22. The van der Waals surface area contributed by atoms with Crippen LogP contribution < -0.4 is 10.6 Å². The molecule has 1 heterocycles. The van der Waals surface area contributed by atoms with Crippen molar-refractivity contribution in [3.05, 3.63) is 51.2 Å². The molecule has 0 saturated carbocycles. The molecular weight excluding hydrogens is 389 g/mol. The summed E-state index contributed by atoms with van der Waals surface area (Å²) in [7, 11) is 0. The highest BCUT2D eigenvalue weighted by Gasteiger charge is 2.34. The van der Waals surface area contributed by atoms with Crippen molar-refractivity contribution in [2.45, 2.75) is 26.1 Å². The number of alkyl halides is 3. The molecule has 0 bridgehead atoms. The number of carbonyl (C=O) groups is 2. The Balaban J connectivity index is 2.16. The summed E-state index contributed by atoms with van der Waals surface area (Å²) in [5, 5.41) is 6.28. The van der Waals surface area contributed by atoms with Crippen molar-refractivity contribution in [3.8, 4) is 0 Å². The van der Waals surface area contributed by atoms with Gasteiger partial charge in [0.05, 0.1) is 15.5 Å². The maximum absolute atomic E-state index is 12.9. The number of thiophene rings is 1. The maximum Gasteiger partial charge on any atom is 0.417 e. The van der Waals surface area contributed by atoms with E-state index in [2.05, 4.69) is 10.6 Å². The Hall–Kier alpha value is -2.06. The monoisotopic (exact) mass is 404 g/mol. The summed E-state index contributed by atoms with van der Waals surface area (Å²) in [4.78, 5) is 25.1. The molecule has 1 atom stereocenters. The van der Waals surface area contributed by atoms with E-state index in [1.54, 1.807) is 31.4 Å². The number of hydrogen-bond donors (Lipinski definition) is 2. The second-order valence-electron chi connectivity index (χ2n) is 5.85. The number of carbonyl (C=O) groups excluding carboxylic acids is 2. The third-order valence-electron chi connectivity index (χ3n) is 3.52. The van der Waals surface area contributed by atoms with Gasteiger partial charge in [-0.15, -0.1) is 11.3 Å². The second kappa shape index (κ2) is 8.09. The van der Waals surface area contributed by atoms with Crippen molar-refractivity contribution in [1.82, 2.24) is 5.32 Å². The molecule has 2 aromatic rings. The summed E-state index contributed by atoms with van der Waals surface area (Å²) in [5.74, 6) is -1.30. The fourth-order valence-corrected chi connectivity index (χ4v) is 3.05. The first-order valence-electron chi connectivity index (χ1n) is 7.61. The van der Waals surface area contributed by atoms with Crippen molar-refractivity contribution in [3.63, 3.8) is 0 Å². The molecule has 9 heteroatoms. The Bertz CT molecular complexity index is 792. The first-order valence-corrected chi connectivity index (χ1v) is 8.87. The van der Waals surface area contributed by atoms with E-state index < -0.39 is 34.6 Å². The molecule has 1 aromatic carbocycles. The van der Waals surface area contributed by atoms with Crippen LogP contribution in [0.25, 0.3) is 0 Å². The molecule has 26 heavy (non-hydrogen) atoms. The van der Waals surface area contributed by atoms with Gasteiger partial charge in [0.15, 0.2) is 0 Å². The number of benzene rings is 1. The third kappa shape index (κ3) is 4.98. The third-order valence-corrected chi connectivity index (χ3v) is 4.72. The highest BCUT2D eigenvalue weighted by atomic mass is 35.5. The van der Waals surface area contributed by atoms with Gasteiger partial charge < -0.3 is 10.6 Å². The van der Waals surface area contributed by atoms with Gasteiger partial charge in [-0.1, -0.05) is 31.5 Å². The van der Waals surface area contributed by atoms with Crippen LogP contribution in [-0.4, -0.2) is 17.9 Å². The number of nitrogens with one attached hydrogen (secondary N) is 2. The van der Waals surface area contributed by atoms with Gasteiger partial charge >= 0.3 is 6.18 Å². The van der Waals surface area contributed by atoms with Crippen LogP contribution in [0.4, 0.5) is 18.9 Å². The molecule has 140 valence electrons. The second-order valence-corrected chi connectivity index (χ2v) is 7.21. The maximum atomic E-state index is 12.9. The standard InChI is InChI=1S/C17H16ClF3N2O2S/c1-9(2)14(23-15(24)13-4-3-7-26-13)16(25)22-10-5-6-12(18)11(8-10)17(19,20)21/h3-9,14H,1-2H3,(H,22,25)(H,23,24)/t14-/m1/s1. The van der Waals surface area contributed by atoms with E-state index in [-0.39, 0.29) is 11.6 Å². The van der Waals surface area contributed by atoms with Gasteiger partial charge in [-0.3, -0.25) is 9.59 Å². The summed E-state index contributed by atoms with van der Waals surface area (Å²) >= 11 is 6.79. The normalized spacial score (nSPS) is 12.7. The number of amides is 2. The lowest BCUT2D eigenvalue weighted by Crippen LogP contribution is -2.47. The van der Waals surface area contributed by atoms with E-state index in [4.69, 9.17) is 11.6 Å². The molecule has 0 radical (unpaired) electrons. The predicted molar refractivity (Wildman–Crippen MR) is 95.5 cm³/mol. The van der Waals surface area contributed by atoms with Crippen molar-refractivity contribution in [2.75, 3.05) is 5.32 Å². The van der Waals surface area contributed by atoms with Crippen LogP contribution >= 0.6 is 22.9 Å².